The molecular formula is C23H23N3O3. The van der Waals surface area contributed by atoms with Gasteiger partial charge in [0.2, 0.25) is 0 Å². The summed E-state index contributed by atoms with van der Waals surface area (Å²) in [5.41, 5.74) is 2.41. The number of hydrogen-bond donors (Lipinski definition) is 1. The summed E-state index contributed by atoms with van der Waals surface area (Å²) in [5, 5.41) is 7.31. The Morgan fingerprint density at radius 3 is 2.72 bits per heavy atom. The number of carbonyl (C=O) groups excluding carboxylic acids is 1. The van der Waals surface area contributed by atoms with Crippen molar-refractivity contribution in [3.63, 3.8) is 0 Å². The second kappa shape index (κ2) is 8.73. The number of ether oxygens (including phenoxy) is 1. The Morgan fingerprint density at radius 1 is 1.07 bits per heavy atom. The summed E-state index contributed by atoms with van der Waals surface area (Å²) in [7, 11) is 0. The molecule has 0 bridgehead atoms. The lowest BCUT2D eigenvalue weighted by Crippen LogP contribution is -2.34. The first-order valence-electron chi connectivity index (χ1n) is 9.85. The zero-order chi connectivity index (χ0) is 20.1. The van der Waals surface area contributed by atoms with Crippen LogP contribution in [0.15, 0.2) is 71.5 Å². The number of rotatable bonds is 6. The maximum absolute atomic E-state index is 12.8. The second-order valence-electron chi connectivity index (χ2n) is 7.06. The van der Waals surface area contributed by atoms with Gasteiger partial charge in [0, 0.05) is 6.07 Å². The SMILES string of the molecule is O=C(NC1CCCc2ccccc21)c1ccc(=O)n(CCOc2ccccc2)n1. The molecule has 2 aromatic carbocycles. The number of aromatic nitrogens is 2. The predicted octanol–water partition coefficient (Wildman–Crippen LogP) is 3.13. The van der Waals surface area contributed by atoms with Gasteiger partial charge in [0.25, 0.3) is 11.5 Å². The fourth-order valence-electron chi connectivity index (χ4n) is 3.63. The molecule has 0 radical (unpaired) electrons. The molecule has 0 fully saturated rings. The minimum absolute atomic E-state index is 0.0314. The minimum Gasteiger partial charge on any atom is -0.492 e. The Hall–Kier alpha value is -3.41. The Kier molecular flexibility index (Phi) is 5.70. The molecule has 1 unspecified atom stereocenters. The number of fused-ring (bicyclic) bond motifs is 1. The first-order chi connectivity index (χ1) is 14.2. The summed E-state index contributed by atoms with van der Waals surface area (Å²) in [4.78, 5) is 24.9. The topological polar surface area (TPSA) is 73.2 Å². The molecule has 1 aliphatic rings. The van der Waals surface area contributed by atoms with Crippen molar-refractivity contribution in [1.29, 1.82) is 0 Å². The van der Waals surface area contributed by atoms with E-state index in [1.807, 2.05) is 42.5 Å². The quantitative estimate of drug-likeness (QED) is 0.703. The van der Waals surface area contributed by atoms with Crippen molar-refractivity contribution in [2.75, 3.05) is 6.61 Å². The van der Waals surface area contributed by atoms with Gasteiger partial charge in [0.1, 0.15) is 18.1 Å². The van der Waals surface area contributed by atoms with Gasteiger partial charge < -0.3 is 10.1 Å². The second-order valence-corrected chi connectivity index (χ2v) is 7.06. The van der Waals surface area contributed by atoms with Crippen LogP contribution in [0, 0.1) is 0 Å². The summed E-state index contributed by atoms with van der Waals surface area (Å²) < 4.78 is 6.90. The monoisotopic (exact) mass is 389 g/mol. The summed E-state index contributed by atoms with van der Waals surface area (Å²) >= 11 is 0. The highest BCUT2D eigenvalue weighted by Gasteiger charge is 2.22. The van der Waals surface area contributed by atoms with Crippen molar-refractivity contribution in [1.82, 2.24) is 15.1 Å². The normalized spacial score (nSPS) is 15.4. The molecule has 1 amide bonds. The summed E-state index contributed by atoms with van der Waals surface area (Å²) in [6.45, 7) is 0.555. The molecule has 1 heterocycles. The van der Waals surface area contributed by atoms with Crippen molar-refractivity contribution in [2.45, 2.75) is 31.8 Å². The molecule has 0 spiro atoms. The Bertz CT molecular complexity index is 1050. The lowest BCUT2D eigenvalue weighted by Gasteiger charge is -2.26. The van der Waals surface area contributed by atoms with E-state index >= 15 is 0 Å². The predicted molar refractivity (Wildman–Crippen MR) is 110 cm³/mol. The fraction of sp³-hybridized carbons (Fsp3) is 0.261. The van der Waals surface area contributed by atoms with Crippen molar-refractivity contribution in [2.24, 2.45) is 0 Å². The Morgan fingerprint density at radius 2 is 1.86 bits per heavy atom. The molecule has 0 aliphatic heterocycles. The molecular weight excluding hydrogens is 366 g/mol. The number of amides is 1. The molecule has 6 nitrogen and oxygen atoms in total. The number of carbonyl (C=O) groups is 1. The molecule has 1 N–H and O–H groups in total. The third kappa shape index (κ3) is 4.54. The summed E-state index contributed by atoms with van der Waals surface area (Å²) in [6, 6.07) is 20.4. The van der Waals surface area contributed by atoms with Crippen LogP contribution in [0.1, 0.15) is 40.5 Å². The van der Waals surface area contributed by atoms with Gasteiger partial charge in [-0.15, -0.1) is 0 Å². The van der Waals surface area contributed by atoms with Gasteiger partial charge in [-0.05, 0) is 48.6 Å². The average molecular weight is 389 g/mol. The average Bonchev–Trinajstić information content (AvgIpc) is 2.76. The third-order valence-electron chi connectivity index (χ3n) is 5.09. The van der Waals surface area contributed by atoms with E-state index in [-0.39, 0.29) is 36.4 Å². The van der Waals surface area contributed by atoms with E-state index in [2.05, 4.69) is 22.5 Å². The highest BCUT2D eigenvalue weighted by molar-refractivity contribution is 5.92. The van der Waals surface area contributed by atoms with E-state index < -0.39 is 0 Å². The maximum atomic E-state index is 12.8. The standard InChI is InChI=1S/C23H23N3O3/c27-22-14-13-21(25-26(22)15-16-29-18-9-2-1-3-10-18)23(28)24-20-12-6-8-17-7-4-5-11-19(17)20/h1-5,7,9-11,13-14,20H,6,8,12,15-16H2,(H,24,28). The van der Waals surface area contributed by atoms with Gasteiger partial charge in [-0.1, -0.05) is 42.5 Å². The Balaban J connectivity index is 1.43. The van der Waals surface area contributed by atoms with E-state index in [9.17, 15) is 9.59 Å². The summed E-state index contributed by atoms with van der Waals surface area (Å²) in [6.07, 6.45) is 2.96. The van der Waals surface area contributed by atoms with Crippen LogP contribution in [0.4, 0.5) is 0 Å². The van der Waals surface area contributed by atoms with Gasteiger partial charge in [0.05, 0.1) is 12.6 Å². The zero-order valence-electron chi connectivity index (χ0n) is 16.1. The minimum atomic E-state index is -0.274. The summed E-state index contributed by atoms with van der Waals surface area (Å²) in [5.74, 6) is 0.454. The van der Waals surface area contributed by atoms with Gasteiger partial charge in [-0.2, -0.15) is 5.10 Å². The number of nitrogens with zero attached hydrogens (tertiary/aromatic N) is 2. The van der Waals surface area contributed by atoms with Gasteiger partial charge in [-0.25, -0.2) is 4.68 Å². The van der Waals surface area contributed by atoms with Crippen LogP contribution in [0.25, 0.3) is 0 Å². The largest absolute Gasteiger partial charge is 0.492 e. The first-order valence-corrected chi connectivity index (χ1v) is 9.85. The molecule has 1 aromatic heterocycles. The molecule has 29 heavy (non-hydrogen) atoms. The molecule has 0 saturated carbocycles. The number of aryl methyl sites for hydroxylation is 1. The van der Waals surface area contributed by atoms with Crippen LogP contribution >= 0.6 is 0 Å². The van der Waals surface area contributed by atoms with Crippen molar-refractivity contribution in [3.8, 4) is 5.75 Å². The number of nitrogens with one attached hydrogen (secondary N) is 1. The fourth-order valence-corrected chi connectivity index (χ4v) is 3.63. The highest BCUT2D eigenvalue weighted by Crippen LogP contribution is 2.29. The maximum Gasteiger partial charge on any atom is 0.272 e. The lowest BCUT2D eigenvalue weighted by atomic mass is 9.87. The number of para-hydroxylation sites is 1. The molecule has 148 valence electrons. The van der Waals surface area contributed by atoms with Crippen LogP contribution in [0.5, 0.6) is 5.75 Å². The smallest absolute Gasteiger partial charge is 0.272 e. The van der Waals surface area contributed by atoms with Gasteiger partial charge in [0.15, 0.2) is 0 Å². The van der Waals surface area contributed by atoms with E-state index in [4.69, 9.17) is 4.74 Å². The van der Waals surface area contributed by atoms with Crippen molar-refractivity contribution < 1.29 is 9.53 Å². The van der Waals surface area contributed by atoms with Gasteiger partial charge in [-0.3, -0.25) is 9.59 Å². The molecule has 4 rings (SSSR count). The molecule has 1 atom stereocenters. The van der Waals surface area contributed by atoms with E-state index in [1.165, 1.54) is 22.4 Å². The Labute approximate surface area is 169 Å². The highest BCUT2D eigenvalue weighted by atomic mass is 16.5. The molecule has 6 heteroatoms. The van der Waals surface area contributed by atoms with E-state index in [0.717, 1.165) is 30.6 Å². The molecule has 1 aliphatic carbocycles. The molecule has 3 aromatic rings. The van der Waals surface area contributed by atoms with E-state index in [1.54, 1.807) is 0 Å². The van der Waals surface area contributed by atoms with Crippen LogP contribution in [0.3, 0.4) is 0 Å². The van der Waals surface area contributed by atoms with Crippen molar-refractivity contribution in [3.05, 3.63) is 93.9 Å². The molecule has 0 saturated heterocycles. The third-order valence-corrected chi connectivity index (χ3v) is 5.09. The van der Waals surface area contributed by atoms with Crippen molar-refractivity contribution >= 4 is 5.91 Å². The van der Waals surface area contributed by atoms with Crippen LogP contribution in [-0.2, 0) is 13.0 Å². The van der Waals surface area contributed by atoms with Crippen LogP contribution in [-0.4, -0.2) is 22.3 Å². The zero-order valence-corrected chi connectivity index (χ0v) is 16.1. The van der Waals surface area contributed by atoms with Crippen LogP contribution in [0.2, 0.25) is 0 Å². The lowest BCUT2D eigenvalue weighted by molar-refractivity contribution is 0.0924. The number of benzene rings is 2. The van der Waals surface area contributed by atoms with Crippen LogP contribution < -0.4 is 15.6 Å². The number of hydrogen-bond acceptors (Lipinski definition) is 4. The van der Waals surface area contributed by atoms with E-state index in [0.29, 0.717) is 0 Å². The van der Waals surface area contributed by atoms with Gasteiger partial charge >= 0.3 is 0 Å². The first kappa shape index (κ1) is 18.9.